The smallest absolute Gasteiger partial charge is 0.337 e. The van der Waals surface area contributed by atoms with E-state index in [9.17, 15) is 4.79 Å². The second-order valence-corrected chi connectivity index (χ2v) is 5.99. The van der Waals surface area contributed by atoms with Crippen molar-refractivity contribution in [1.82, 2.24) is 15.2 Å². The van der Waals surface area contributed by atoms with Crippen LogP contribution >= 0.6 is 11.6 Å². The molecule has 1 aromatic heterocycles. The van der Waals surface area contributed by atoms with Gasteiger partial charge in [-0.25, -0.2) is 4.79 Å². The van der Waals surface area contributed by atoms with Crippen LogP contribution in [0.5, 0.6) is 0 Å². The third-order valence-electron chi connectivity index (χ3n) is 3.21. The van der Waals surface area contributed by atoms with Crippen molar-refractivity contribution in [3.8, 4) is 0 Å². The highest BCUT2D eigenvalue weighted by atomic mass is 35.5. The van der Waals surface area contributed by atoms with Crippen molar-refractivity contribution >= 4 is 35.0 Å². The highest BCUT2D eigenvalue weighted by molar-refractivity contribution is 6.33. The number of aromatic nitrogens is 3. The number of nitrogens with one attached hydrogen (secondary N) is 2. The molecule has 2 N–H and O–H groups in total. The maximum absolute atomic E-state index is 11.6. The fraction of sp³-hybridized carbons (Fsp3) is 0.375. The van der Waals surface area contributed by atoms with Crippen molar-refractivity contribution in [2.75, 3.05) is 24.3 Å². The van der Waals surface area contributed by atoms with E-state index in [4.69, 9.17) is 16.3 Å². The maximum atomic E-state index is 11.6. The van der Waals surface area contributed by atoms with Gasteiger partial charge < -0.3 is 15.4 Å². The number of halogens is 1. The second kappa shape index (κ2) is 8.44. The van der Waals surface area contributed by atoms with Crippen molar-refractivity contribution in [2.24, 2.45) is 5.92 Å². The average Bonchev–Trinajstić information content (AvgIpc) is 2.56. The fourth-order valence-corrected chi connectivity index (χ4v) is 2.08. The molecule has 0 aliphatic carbocycles. The summed E-state index contributed by atoms with van der Waals surface area (Å²) in [6.45, 7) is 5.06. The molecule has 0 saturated carbocycles. The molecule has 0 fully saturated rings. The van der Waals surface area contributed by atoms with Crippen molar-refractivity contribution < 1.29 is 9.53 Å². The number of carbonyl (C=O) groups excluding carboxylic acids is 1. The molecule has 8 heteroatoms. The lowest BCUT2D eigenvalue weighted by atomic mass is 10.1. The predicted molar refractivity (Wildman–Crippen MR) is 93.8 cm³/mol. The number of benzene rings is 1. The number of nitrogens with zero attached hydrogens (tertiary/aromatic N) is 3. The summed E-state index contributed by atoms with van der Waals surface area (Å²) >= 11 is 6.16. The zero-order chi connectivity index (χ0) is 17.5. The summed E-state index contributed by atoms with van der Waals surface area (Å²) < 4.78 is 4.71. The van der Waals surface area contributed by atoms with Crippen molar-refractivity contribution in [1.29, 1.82) is 0 Å². The lowest BCUT2D eigenvalue weighted by Gasteiger charge is -2.10. The second-order valence-electron chi connectivity index (χ2n) is 5.59. The quantitative estimate of drug-likeness (QED) is 0.739. The zero-order valence-electron chi connectivity index (χ0n) is 13.8. The fourth-order valence-electron chi connectivity index (χ4n) is 1.92. The van der Waals surface area contributed by atoms with Crippen LogP contribution in [0, 0.1) is 5.92 Å². The molecule has 2 rings (SSSR count). The number of carbonyl (C=O) groups is 1. The van der Waals surface area contributed by atoms with Crippen LogP contribution in [-0.4, -0.2) is 34.8 Å². The van der Waals surface area contributed by atoms with Crippen LogP contribution in [0.3, 0.4) is 0 Å². The van der Waals surface area contributed by atoms with Gasteiger partial charge in [-0.15, -0.1) is 5.10 Å². The van der Waals surface area contributed by atoms with Gasteiger partial charge in [0.2, 0.25) is 5.95 Å². The van der Waals surface area contributed by atoms with Gasteiger partial charge in [0.15, 0.2) is 5.82 Å². The average molecular weight is 350 g/mol. The van der Waals surface area contributed by atoms with Gasteiger partial charge >= 0.3 is 5.97 Å². The van der Waals surface area contributed by atoms with Crippen LogP contribution in [0.2, 0.25) is 5.02 Å². The molecule has 24 heavy (non-hydrogen) atoms. The molecule has 1 aromatic carbocycles. The van der Waals surface area contributed by atoms with Gasteiger partial charge in [-0.3, -0.25) is 0 Å². The zero-order valence-corrected chi connectivity index (χ0v) is 14.6. The molecule has 0 amide bonds. The number of anilines is 3. The highest BCUT2D eigenvalue weighted by Crippen LogP contribution is 2.26. The molecule has 0 aliphatic rings. The predicted octanol–water partition coefficient (Wildman–Crippen LogP) is 3.51. The van der Waals surface area contributed by atoms with E-state index in [1.807, 2.05) is 0 Å². The molecule has 128 valence electrons. The van der Waals surface area contributed by atoms with Crippen LogP contribution < -0.4 is 10.6 Å². The highest BCUT2D eigenvalue weighted by Gasteiger charge is 2.10. The summed E-state index contributed by atoms with van der Waals surface area (Å²) in [5.41, 5.74) is 0.926. The first-order valence-electron chi connectivity index (χ1n) is 7.58. The molecule has 7 nitrogen and oxygen atoms in total. The van der Waals surface area contributed by atoms with Crippen molar-refractivity contribution in [3.05, 3.63) is 35.0 Å². The molecule has 0 spiro atoms. The molecule has 0 unspecified atom stereocenters. The monoisotopic (exact) mass is 349 g/mol. The van der Waals surface area contributed by atoms with E-state index in [1.54, 1.807) is 18.2 Å². The summed E-state index contributed by atoms with van der Waals surface area (Å²) in [5, 5.41) is 14.5. The number of methoxy groups -OCH3 is 1. The largest absolute Gasteiger partial charge is 0.465 e. The van der Waals surface area contributed by atoms with Crippen LogP contribution in [-0.2, 0) is 4.74 Å². The summed E-state index contributed by atoms with van der Waals surface area (Å²) in [7, 11) is 1.33. The van der Waals surface area contributed by atoms with Gasteiger partial charge in [0.25, 0.3) is 0 Å². The van der Waals surface area contributed by atoms with Crippen LogP contribution in [0.25, 0.3) is 0 Å². The van der Waals surface area contributed by atoms with Crippen LogP contribution in [0.1, 0.15) is 30.6 Å². The third-order valence-corrected chi connectivity index (χ3v) is 3.54. The first kappa shape index (κ1) is 17.9. The lowest BCUT2D eigenvalue weighted by Crippen LogP contribution is -2.09. The Balaban J connectivity index is 2.12. The summed E-state index contributed by atoms with van der Waals surface area (Å²) in [6, 6.07) is 4.81. The SMILES string of the molecule is COC(=O)c1ccc(Cl)c(Nc2cnnc(NCCC(C)C)n2)c1. The minimum atomic E-state index is -0.438. The molecular weight excluding hydrogens is 330 g/mol. The first-order valence-corrected chi connectivity index (χ1v) is 7.96. The Hall–Kier alpha value is -2.41. The van der Waals surface area contributed by atoms with Gasteiger partial charge in [0.1, 0.15) is 0 Å². The van der Waals surface area contributed by atoms with Gasteiger partial charge in [-0.1, -0.05) is 25.4 Å². The van der Waals surface area contributed by atoms with Gasteiger partial charge in [-0.2, -0.15) is 10.1 Å². The Kier molecular flexibility index (Phi) is 6.31. The van der Waals surface area contributed by atoms with E-state index >= 15 is 0 Å². The number of rotatable bonds is 7. The number of esters is 1. The Morgan fingerprint density at radius 2 is 2.17 bits per heavy atom. The standard InChI is InChI=1S/C16H20ClN5O2/c1-10(2)6-7-18-16-21-14(9-19-22-16)20-13-8-11(15(23)24-3)4-5-12(13)17/h4-5,8-10H,6-7H2,1-3H3,(H2,18,20,21,22). The van der Waals surface area contributed by atoms with E-state index in [0.29, 0.717) is 34.0 Å². The Bertz CT molecular complexity index is 709. The van der Waals surface area contributed by atoms with E-state index in [2.05, 4.69) is 39.7 Å². The van der Waals surface area contributed by atoms with Gasteiger partial charge in [0, 0.05) is 6.54 Å². The van der Waals surface area contributed by atoms with E-state index in [-0.39, 0.29) is 0 Å². The Labute approximate surface area is 145 Å². The molecule has 0 saturated heterocycles. The molecule has 0 bridgehead atoms. The Morgan fingerprint density at radius 3 is 2.88 bits per heavy atom. The molecule has 0 atom stereocenters. The van der Waals surface area contributed by atoms with Crippen LogP contribution in [0.4, 0.5) is 17.5 Å². The van der Waals surface area contributed by atoms with Crippen molar-refractivity contribution in [2.45, 2.75) is 20.3 Å². The number of ether oxygens (including phenoxy) is 1. The molecule has 2 aromatic rings. The van der Waals surface area contributed by atoms with Crippen molar-refractivity contribution in [3.63, 3.8) is 0 Å². The Morgan fingerprint density at radius 1 is 1.38 bits per heavy atom. The molecule has 0 radical (unpaired) electrons. The maximum Gasteiger partial charge on any atom is 0.337 e. The van der Waals surface area contributed by atoms with E-state index < -0.39 is 5.97 Å². The number of hydrogen-bond acceptors (Lipinski definition) is 7. The molecule has 0 aliphatic heterocycles. The summed E-state index contributed by atoms with van der Waals surface area (Å²) in [6.07, 6.45) is 2.49. The molecule has 1 heterocycles. The number of hydrogen-bond donors (Lipinski definition) is 2. The van der Waals surface area contributed by atoms with E-state index in [0.717, 1.165) is 13.0 Å². The molecular formula is C16H20ClN5O2. The van der Waals surface area contributed by atoms with Gasteiger partial charge in [0.05, 0.1) is 29.6 Å². The minimum Gasteiger partial charge on any atom is -0.465 e. The van der Waals surface area contributed by atoms with Crippen LogP contribution in [0.15, 0.2) is 24.4 Å². The van der Waals surface area contributed by atoms with E-state index in [1.165, 1.54) is 13.3 Å². The van der Waals surface area contributed by atoms with Gasteiger partial charge in [-0.05, 0) is 30.5 Å². The first-order chi connectivity index (χ1) is 11.5. The summed E-state index contributed by atoms with van der Waals surface area (Å²) in [4.78, 5) is 15.9. The minimum absolute atomic E-state index is 0.390. The summed E-state index contributed by atoms with van der Waals surface area (Å²) in [5.74, 6) is 1.06. The third kappa shape index (κ3) is 5.06. The lowest BCUT2D eigenvalue weighted by molar-refractivity contribution is 0.0601. The normalized spacial score (nSPS) is 10.5. The topological polar surface area (TPSA) is 89.0 Å².